The van der Waals surface area contributed by atoms with Crippen molar-refractivity contribution in [2.24, 2.45) is 0 Å². The Morgan fingerprint density at radius 2 is 2.07 bits per heavy atom. The number of rotatable bonds is 7. The van der Waals surface area contributed by atoms with Gasteiger partial charge < -0.3 is 15.2 Å². The summed E-state index contributed by atoms with van der Waals surface area (Å²) in [6, 6.07) is 2.78. The van der Waals surface area contributed by atoms with E-state index in [0.29, 0.717) is 11.3 Å². The van der Waals surface area contributed by atoms with E-state index in [0.717, 1.165) is 9.80 Å². The van der Waals surface area contributed by atoms with E-state index in [9.17, 15) is 24.3 Å². The van der Waals surface area contributed by atoms with E-state index < -0.39 is 29.3 Å². The maximum atomic E-state index is 12.5. The number of thioether (sulfide) groups is 2. The molecular weight excluding hydrogens is 429 g/mol. The van der Waals surface area contributed by atoms with Gasteiger partial charge in [0.2, 0.25) is 5.91 Å². The molecule has 1 fully saturated rings. The van der Waals surface area contributed by atoms with Crippen molar-refractivity contribution >= 4 is 76.8 Å². The topological polar surface area (TPSA) is 126 Å². The van der Waals surface area contributed by atoms with Gasteiger partial charge in [0.25, 0.3) is 5.91 Å². The van der Waals surface area contributed by atoms with Gasteiger partial charge in [-0.05, 0) is 12.1 Å². The van der Waals surface area contributed by atoms with E-state index >= 15 is 0 Å². The molecule has 0 unspecified atom stereocenters. The summed E-state index contributed by atoms with van der Waals surface area (Å²) in [6.07, 6.45) is 3.25. The zero-order valence-electron chi connectivity index (χ0n) is 15.8. The minimum absolute atomic E-state index is 0. The fraction of sp³-hybridized carbons (Fsp3) is 0.353. The van der Waals surface area contributed by atoms with Gasteiger partial charge in [0, 0.05) is 65.1 Å². The van der Waals surface area contributed by atoms with Crippen LogP contribution in [-0.2, 0) is 23.9 Å². The average Bonchev–Trinajstić information content (AvgIpc) is 2.68. The van der Waals surface area contributed by atoms with Crippen LogP contribution in [0.2, 0.25) is 0 Å². The van der Waals surface area contributed by atoms with Crippen LogP contribution < -0.4 is 5.32 Å². The molecule has 1 aromatic rings. The largest absolute Gasteiger partial charge is 0.477 e. The molecular formula is C17H17N3NaO6S2. The van der Waals surface area contributed by atoms with Gasteiger partial charge in [-0.3, -0.25) is 24.3 Å². The minimum Gasteiger partial charge on any atom is -0.477 e. The van der Waals surface area contributed by atoms with E-state index in [2.05, 4.69) is 10.3 Å². The van der Waals surface area contributed by atoms with E-state index in [1.807, 2.05) is 0 Å². The van der Waals surface area contributed by atoms with Crippen LogP contribution in [0, 0.1) is 0 Å². The van der Waals surface area contributed by atoms with E-state index in [4.69, 9.17) is 4.74 Å². The number of nitrogens with one attached hydrogen (secondary N) is 1. The summed E-state index contributed by atoms with van der Waals surface area (Å²) >= 11 is 2.64. The van der Waals surface area contributed by atoms with Gasteiger partial charge in [-0.1, -0.05) is 0 Å². The van der Waals surface area contributed by atoms with Crippen molar-refractivity contribution in [3.05, 3.63) is 35.8 Å². The number of aliphatic carboxylic acids is 1. The van der Waals surface area contributed by atoms with Crippen LogP contribution in [0.5, 0.6) is 0 Å². The van der Waals surface area contributed by atoms with Gasteiger partial charge in [-0.2, -0.15) is 0 Å². The van der Waals surface area contributed by atoms with Crippen LogP contribution in [-0.4, -0.2) is 97.8 Å². The fourth-order valence-corrected chi connectivity index (χ4v) is 4.80. The zero-order chi connectivity index (χ0) is 20.3. The summed E-state index contributed by atoms with van der Waals surface area (Å²) in [5.41, 5.74) is 0.182. The smallest absolute Gasteiger partial charge is 0.352 e. The molecule has 149 valence electrons. The zero-order valence-corrected chi connectivity index (χ0v) is 19.4. The van der Waals surface area contributed by atoms with Crippen LogP contribution in [0.15, 0.2) is 40.7 Å². The first kappa shape index (κ1) is 23.7. The van der Waals surface area contributed by atoms with Crippen molar-refractivity contribution in [2.75, 3.05) is 18.1 Å². The maximum Gasteiger partial charge on any atom is 0.352 e. The number of fused-ring (bicyclic) bond motifs is 1. The first-order chi connectivity index (χ1) is 13.4. The number of hydrogen-bond donors (Lipinski definition) is 2. The molecule has 0 aromatic carbocycles. The van der Waals surface area contributed by atoms with Crippen molar-refractivity contribution < 1.29 is 29.0 Å². The molecule has 0 spiro atoms. The predicted molar refractivity (Wildman–Crippen MR) is 107 cm³/mol. The second-order valence-electron chi connectivity index (χ2n) is 5.96. The second kappa shape index (κ2) is 10.5. The summed E-state index contributed by atoms with van der Waals surface area (Å²) in [5, 5.41) is 11.7. The summed E-state index contributed by atoms with van der Waals surface area (Å²) in [4.78, 5) is 53.2. The molecule has 12 heteroatoms. The summed E-state index contributed by atoms with van der Waals surface area (Å²) < 4.78 is 4.88. The molecule has 0 saturated carbocycles. The minimum atomic E-state index is -1.26. The molecule has 3 heterocycles. The van der Waals surface area contributed by atoms with Crippen LogP contribution in [0.3, 0.4) is 0 Å². The first-order valence-electron chi connectivity index (χ1n) is 8.24. The third-order valence-electron chi connectivity index (χ3n) is 4.04. The number of esters is 1. The van der Waals surface area contributed by atoms with Gasteiger partial charge in [0.1, 0.15) is 23.7 Å². The van der Waals surface area contributed by atoms with Gasteiger partial charge in [0.05, 0.1) is 5.75 Å². The summed E-state index contributed by atoms with van der Waals surface area (Å²) in [5.74, 6) is -2.18. The fourth-order valence-electron chi connectivity index (χ4n) is 2.78. The van der Waals surface area contributed by atoms with Gasteiger partial charge >= 0.3 is 11.9 Å². The maximum absolute atomic E-state index is 12.5. The molecule has 0 aliphatic carbocycles. The standard InChI is InChI=1S/C17H17N3O6S2.Na/c1-9(21)26-6-10-7-28-16-13(15(23)20(16)14(10)17(24)25)19-12(22)8-27-11-2-4-18-5-3-11;/h2-5,13,16H,6-8H2,1H3,(H,19,22)(H,24,25);/t13-,16-;/m1./s1. The van der Waals surface area contributed by atoms with Crippen LogP contribution in [0.4, 0.5) is 0 Å². The van der Waals surface area contributed by atoms with Crippen LogP contribution in [0.25, 0.3) is 0 Å². The molecule has 0 bridgehead atoms. The number of carbonyl (C=O) groups is 4. The number of carboxylic acid groups (broad SMARTS) is 1. The van der Waals surface area contributed by atoms with E-state index in [-0.39, 0.29) is 53.5 Å². The Labute approximate surface area is 197 Å². The van der Waals surface area contributed by atoms with Crippen molar-refractivity contribution in [3.8, 4) is 0 Å². The van der Waals surface area contributed by atoms with Gasteiger partial charge in [-0.25, -0.2) is 4.79 Å². The molecule has 3 rings (SSSR count). The number of nitrogens with zero attached hydrogens (tertiary/aromatic N) is 2. The van der Waals surface area contributed by atoms with E-state index in [1.54, 1.807) is 24.5 Å². The van der Waals surface area contributed by atoms with Gasteiger partial charge in [0.15, 0.2) is 0 Å². The molecule has 1 radical (unpaired) electrons. The number of β-lactam (4-membered cyclic amide) rings is 1. The predicted octanol–water partition coefficient (Wildman–Crippen LogP) is 0.0946. The normalized spacial score (nSPS) is 20.2. The third kappa shape index (κ3) is 5.54. The van der Waals surface area contributed by atoms with Crippen LogP contribution >= 0.6 is 23.5 Å². The Hall–Kier alpha value is -1.53. The summed E-state index contributed by atoms with van der Waals surface area (Å²) in [6.45, 7) is 1.05. The third-order valence-corrected chi connectivity index (χ3v) is 6.39. The SMILES string of the molecule is CC(=O)OCC1=C(C(=O)O)N2C(=O)[C@@H](NC(=O)CSc3ccncc3)[C@H]2SC1.[Na]. The Morgan fingerprint density at radius 3 is 2.69 bits per heavy atom. The van der Waals surface area contributed by atoms with Crippen molar-refractivity contribution in [2.45, 2.75) is 23.2 Å². The number of amides is 2. The number of pyridine rings is 1. The number of ether oxygens (including phenoxy) is 1. The van der Waals surface area contributed by atoms with E-state index in [1.165, 1.54) is 30.4 Å². The number of carbonyl (C=O) groups excluding carboxylic acids is 3. The van der Waals surface area contributed by atoms with Crippen molar-refractivity contribution in [1.82, 2.24) is 15.2 Å². The molecule has 1 aromatic heterocycles. The Balaban J connectivity index is 0.00000300. The molecule has 29 heavy (non-hydrogen) atoms. The molecule has 2 aliphatic heterocycles. The van der Waals surface area contributed by atoms with Crippen LogP contribution in [0.1, 0.15) is 6.92 Å². The van der Waals surface area contributed by atoms with Crippen molar-refractivity contribution in [1.29, 1.82) is 0 Å². The molecule has 2 atom stereocenters. The molecule has 2 N–H and O–H groups in total. The number of aromatic nitrogens is 1. The molecule has 1 saturated heterocycles. The molecule has 2 aliphatic rings. The average molecular weight is 446 g/mol. The summed E-state index contributed by atoms with van der Waals surface area (Å²) in [7, 11) is 0. The van der Waals surface area contributed by atoms with Gasteiger partial charge in [-0.15, -0.1) is 23.5 Å². The molecule has 9 nitrogen and oxygen atoms in total. The van der Waals surface area contributed by atoms with Crippen molar-refractivity contribution in [3.63, 3.8) is 0 Å². The monoisotopic (exact) mass is 446 g/mol. The Bertz CT molecular complexity index is 851. The quantitative estimate of drug-likeness (QED) is 0.259. The molecule has 2 amide bonds. The Kier molecular flexibility index (Phi) is 8.58. The Morgan fingerprint density at radius 1 is 1.38 bits per heavy atom. The number of hydrogen-bond acceptors (Lipinski definition) is 8. The number of carboxylic acids is 1. The second-order valence-corrected chi connectivity index (χ2v) is 8.12. The first-order valence-corrected chi connectivity index (χ1v) is 10.3.